The Morgan fingerprint density at radius 3 is 2.86 bits per heavy atom. The first-order valence-corrected chi connectivity index (χ1v) is 9.40. The number of carbonyl (C=O) groups is 1. The van der Waals surface area contributed by atoms with E-state index in [2.05, 4.69) is 15.5 Å². The van der Waals surface area contributed by atoms with Gasteiger partial charge in [0.25, 0.3) is 0 Å². The summed E-state index contributed by atoms with van der Waals surface area (Å²) in [4.78, 5) is 14.7. The van der Waals surface area contributed by atoms with Crippen LogP contribution in [0, 0.1) is 5.92 Å². The van der Waals surface area contributed by atoms with Crippen molar-refractivity contribution in [3.05, 3.63) is 59.8 Å². The first-order valence-electron chi connectivity index (χ1n) is 9.40. The largest absolute Gasteiger partial charge is 0.416 e. The Balaban J connectivity index is 1.40. The van der Waals surface area contributed by atoms with E-state index in [0.29, 0.717) is 18.1 Å². The van der Waals surface area contributed by atoms with Crippen LogP contribution in [0.5, 0.6) is 0 Å². The van der Waals surface area contributed by atoms with Crippen LogP contribution in [-0.4, -0.2) is 33.6 Å². The molecule has 1 aliphatic rings. The summed E-state index contributed by atoms with van der Waals surface area (Å²) in [6.07, 6.45) is -0.974. The van der Waals surface area contributed by atoms with E-state index in [9.17, 15) is 18.0 Å². The lowest BCUT2D eigenvalue weighted by atomic mass is 9.97. The molecule has 0 saturated carbocycles. The molecule has 152 valence electrons. The summed E-state index contributed by atoms with van der Waals surface area (Å²) < 4.78 is 40.4. The molecule has 9 heteroatoms. The van der Waals surface area contributed by atoms with Gasteiger partial charge in [-0.1, -0.05) is 18.2 Å². The summed E-state index contributed by atoms with van der Waals surface area (Å²) in [5, 5.41) is 11.2. The highest BCUT2D eigenvalue weighted by Crippen LogP contribution is 2.29. The third-order valence-corrected chi connectivity index (χ3v) is 5.09. The minimum Gasteiger partial charge on any atom is -0.352 e. The van der Waals surface area contributed by atoms with Crippen LogP contribution < -0.4 is 10.2 Å². The van der Waals surface area contributed by atoms with Crippen LogP contribution in [0.4, 0.5) is 19.1 Å². The summed E-state index contributed by atoms with van der Waals surface area (Å²) >= 11 is 0. The standard InChI is InChI=1S/C20H20F3N5O/c21-20(22,23)16-7-3-5-14(11-16)12-24-18(29)15-6-4-9-27(13-15)19-26-25-17-8-1-2-10-28(17)19/h1-3,5,7-8,10-11,15H,4,6,9,12-13H2,(H,24,29)/t15-/m0/s1. The van der Waals surface area contributed by atoms with Crippen molar-refractivity contribution < 1.29 is 18.0 Å². The van der Waals surface area contributed by atoms with Gasteiger partial charge < -0.3 is 10.2 Å². The summed E-state index contributed by atoms with van der Waals surface area (Å²) in [7, 11) is 0. The maximum Gasteiger partial charge on any atom is 0.416 e. The average molecular weight is 403 g/mol. The number of halogens is 3. The fourth-order valence-electron chi connectivity index (χ4n) is 3.61. The predicted molar refractivity (Wildman–Crippen MR) is 101 cm³/mol. The molecule has 1 saturated heterocycles. The number of nitrogens with zero attached hydrogens (tertiary/aromatic N) is 4. The molecule has 0 aliphatic carbocycles. The topological polar surface area (TPSA) is 62.5 Å². The average Bonchev–Trinajstić information content (AvgIpc) is 3.16. The molecule has 29 heavy (non-hydrogen) atoms. The third-order valence-electron chi connectivity index (χ3n) is 5.09. The Morgan fingerprint density at radius 2 is 2.03 bits per heavy atom. The van der Waals surface area contributed by atoms with Crippen LogP contribution >= 0.6 is 0 Å². The number of alkyl halides is 3. The lowest BCUT2D eigenvalue weighted by Crippen LogP contribution is -2.43. The second-order valence-corrected chi connectivity index (χ2v) is 7.13. The van der Waals surface area contributed by atoms with Crippen LogP contribution in [-0.2, 0) is 17.5 Å². The maximum atomic E-state index is 12.8. The zero-order valence-electron chi connectivity index (χ0n) is 15.6. The molecule has 0 unspecified atom stereocenters. The fourth-order valence-corrected chi connectivity index (χ4v) is 3.61. The number of amides is 1. The van der Waals surface area contributed by atoms with Crippen molar-refractivity contribution in [2.24, 2.45) is 5.92 Å². The first-order chi connectivity index (χ1) is 13.9. The Bertz CT molecular complexity index is 1020. The lowest BCUT2D eigenvalue weighted by molar-refractivity contribution is -0.137. The number of anilines is 1. The molecule has 0 radical (unpaired) electrons. The number of fused-ring (bicyclic) bond motifs is 1. The van der Waals surface area contributed by atoms with E-state index < -0.39 is 11.7 Å². The summed E-state index contributed by atoms with van der Waals surface area (Å²) in [5.41, 5.74) is 0.440. The van der Waals surface area contributed by atoms with Crippen LogP contribution in [0.15, 0.2) is 48.7 Å². The SMILES string of the molecule is O=C(NCc1cccc(C(F)(F)F)c1)[C@H]1CCCN(c2nnc3ccccn23)C1. The van der Waals surface area contributed by atoms with Gasteiger partial charge in [-0.25, -0.2) is 0 Å². The van der Waals surface area contributed by atoms with Gasteiger partial charge in [0, 0.05) is 25.8 Å². The van der Waals surface area contributed by atoms with E-state index in [1.807, 2.05) is 33.7 Å². The summed E-state index contributed by atoms with van der Waals surface area (Å²) in [6.45, 7) is 1.32. The van der Waals surface area contributed by atoms with Gasteiger partial charge in [-0.05, 0) is 42.7 Å². The molecule has 1 aromatic carbocycles. The second kappa shape index (κ2) is 7.73. The summed E-state index contributed by atoms with van der Waals surface area (Å²) in [6, 6.07) is 10.6. The zero-order valence-corrected chi connectivity index (χ0v) is 15.6. The van der Waals surface area contributed by atoms with E-state index in [-0.39, 0.29) is 18.4 Å². The van der Waals surface area contributed by atoms with Gasteiger partial charge in [-0.3, -0.25) is 9.20 Å². The molecule has 4 rings (SSSR count). The summed E-state index contributed by atoms with van der Waals surface area (Å²) in [5.74, 6) is 0.266. The number of benzene rings is 1. The van der Waals surface area contributed by atoms with Crippen molar-refractivity contribution in [1.82, 2.24) is 19.9 Å². The molecule has 1 aliphatic heterocycles. The van der Waals surface area contributed by atoms with Crippen LogP contribution in [0.25, 0.3) is 5.65 Å². The molecule has 6 nitrogen and oxygen atoms in total. The predicted octanol–water partition coefficient (Wildman–Crippen LogP) is 3.28. The third kappa shape index (κ3) is 4.18. The number of hydrogen-bond acceptors (Lipinski definition) is 4. The fraction of sp³-hybridized carbons (Fsp3) is 0.350. The van der Waals surface area contributed by atoms with Crippen LogP contribution in [0.3, 0.4) is 0 Å². The number of piperidine rings is 1. The highest BCUT2D eigenvalue weighted by atomic mass is 19.4. The number of aromatic nitrogens is 3. The van der Waals surface area contributed by atoms with Crippen LogP contribution in [0.1, 0.15) is 24.0 Å². The van der Waals surface area contributed by atoms with Gasteiger partial charge in [0.05, 0.1) is 11.5 Å². The number of nitrogens with one attached hydrogen (secondary N) is 1. The molecule has 0 bridgehead atoms. The van der Waals surface area contributed by atoms with Crippen molar-refractivity contribution in [3.63, 3.8) is 0 Å². The Kier molecular flexibility index (Phi) is 5.12. The Labute approximate surface area is 165 Å². The number of pyridine rings is 1. The Morgan fingerprint density at radius 1 is 1.17 bits per heavy atom. The zero-order chi connectivity index (χ0) is 20.4. The van der Waals surface area contributed by atoms with Gasteiger partial charge >= 0.3 is 6.18 Å². The van der Waals surface area contributed by atoms with Crippen molar-refractivity contribution in [3.8, 4) is 0 Å². The minimum atomic E-state index is -4.40. The van der Waals surface area contributed by atoms with Crippen molar-refractivity contribution >= 4 is 17.5 Å². The molecule has 1 fully saturated rings. The molecule has 3 aromatic rings. The molecule has 3 heterocycles. The maximum absolute atomic E-state index is 12.8. The number of carbonyl (C=O) groups excluding carboxylic acids is 1. The number of hydrogen-bond donors (Lipinski definition) is 1. The Hall–Kier alpha value is -3.10. The monoisotopic (exact) mass is 403 g/mol. The molecular weight excluding hydrogens is 383 g/mol. The van der Waals surface area contributed by atoms with E-state index in [0.717, 1.165) is 37.2 Å². The normalized spacial score (nSPS) is 17.5. The smallest absolute Gasteiger partial charge is 0.352 e. The molecule has 0 spiro atoms. The first kappa shape index (κ1) is 19.2. The van der Waals surface area contributed by atoms with E-state index >= 15 is 0 Å². The van der Waals surface area contributed by atoms with Gasteiger partial charge in [0.1, 0.15) is 0 Å². The van der Waals surface area contributed by atoms with Gasteiger partial charge in [0.15, 0.2) is 5.65 Å². The van der Waals surface area contributed by atoms with E-state index in [4.69, 9.17) is 0 Å². The van der Waals surface area contributed by atoms with Crippen LogP contribution in [0.2, 0.25) is 0 Å². The van der Waals surface area contributed by atoms with Crippen molar-refractivity contribution in [2.45, 2.75) is 25.6 Å². The highest BCUT2D eigenvalue weighted by molar-refractivity contribution is 5.79. The molecule has 2 aromatic heterocycles. The van der Waals surface area contributed by atoms with Crippen molar-refractivity contribution in [2.75, 3.05) is 18.0 Å². The molecule has 1 amide bonds. The van der Waals surface area contributed by atoms with E-state index in [1.165, 1.54) is 6.07 Å². The molecule has 1 atom stereocenters. The van der Waals surface area contributed by atoms with Crippen molar-refractivity contribution in [1.29, 1.82) is 0 Å². The van der Waals surface area contributed by atoms with Gasteiger partial charge in [-0.2, -0.15) is 13.2 Å². The molecule has 1 N–H and O–H groups in total. The minimum absolute atomic E-state index is 0.0626. The highest BCUT2D eigenvalue weighted by Gasteiger charge is 2.31. The number of rotatable bonds is 4. The van der Waals surface area contributed by atoms with Gasteiger partial charge in [0.2, 0.25) is 11.9 Å². The van der Waals surface area contributed by atoms with Gasteiger partial charge in [-0.15, -0.1) is 10.2 Å². The lowest BCUT2D eigenvalue weighted by Gasteiger charge is -2.32. The quantitative estimate of drug-likeness (QED) is 0.726. The molecular formula is C20H20F3N5O. The van der Waals surface area contributed by atoms with E-state index in [1.54, 1.807) is 6.07 Å². The second-order valence-electron chi connectivity index (χ2n) is 7.13.